The Labute approximate surface area is 153 Å². The zero-order valence-corrected chi connectivity index (χ0v) is 14.7. The number of likely N-dealkylation sites (tertiary alicyclic amines) is 1. The summed E-state index contributed by atoms with van der Waals surface area (Å²) < 4.78 is 0. The highest BCUT2D eigenvalue weighted by Crippen LogP contribution is 2.39. The van der Waals surface area contributed by atoms with E-state index in [4.69, 9.17) is 0 Å². The van der Waals surface area contributed by atoms with E-state index in [1.165, 1.54) is 6.42 Å². The lowest BCUT2D eigenvalue weighted by atomic mass is 9.85. The average Bonchev–Trinajstić information content (AvgIpc) is 3.01. The molecule has 2 aliphatic rings. The van der Waals surface area contributed by atoms with Crippen LogP contribution in [-0.2, 0) is 9.59 Å². The SMILES string of the molecule is O=C(CN1C(C(=O)O)CC2CCCCC21)Nc1cccc2ccccc12. The standard InChI is InChI=1S/C21H24N2O3/c24-20(22-17-10-5-8-14-6-1-3-9-16(14)17)13-23-18-11-4-2-7-15(18)12-19(23)21(25)26/h1,3,5-6,8-10,15,18-19H,2,4,7,11-13H2,(H,22,24)(H,25,26). The van der Waals surface area contributed by atoms with Crippen LogP contribution in [0.4, 0.5) is 5.69 Å². The molecule has 1 aliphatic heterocycles. The summed E-state index contributed by atoms with van der Waals surface area (Å²) >= 11 is 0. The van der Waals surface area contributed by atoms with E-state index in [2.05, 4.69) is 5.32 Å². The van der Waals surface area contributed by atoms with E-state index >= 15 is 0 Å². The number of carbonyl (C=O) groups excluding carboxylic acids is 1. The first-order valence-corrected chi connectivity index (χ1v) is 9.39. The molecule has 5 heteroatoms. The predicted octanol–water partition coefficient (Wildman–Crippen LogP) is 3.50. The Morgan fingerprint density at radius 1 is 1.08 bits per heavy atom. The van der Waals surface area contributed by atoms with Crippen LogP contribution >= 0.6 is 0 Å². The van der Waals surface area contributed by atoms with Gasteiger partial charge < -0.3 is 10.4 Å². The third-order valence-corrected chi connectivity index (χ3v) is 5.90. The van der Waals surface area contributed by atoms with Crippen LogP contribution < -0.4 is 5.32 Å². The maximum atomic E-state index is 12.7. The van der Waals surface area contributed by atoms with Gasteiger partial charge in [-0.05, 0) is 36.6 Å². The normalized spacial score (nSPS) is 25.8. The number of fused-ring (bicyclic) bond motifs is 2. The van der Waals surface area contributed by atoms with E-state index in [0.29, 0.717) is 12.3 Å². The number of carbonyl (C=O) groups is 2. The zero-order chi connectivity index (χ0) is 18.1. The van der Waals surface area contributed by atoms with E-state index < -0.39 is 12.0 Å². The first-order valence-electron chi connectivity index (χ1n) is 9.39. The van der Waals surface area contributed by atoms with Crippen molar-refractivity contribution in [2.75, 3.05) is 11.9 Å². The Morgan fingerprint density at radius 3 is 2.69 bits per heavy atom. The molecule has 0 aromatic heterocycles. The summed E-state index contributed by atoms with van der Waals surface area (Å²) in [6, 6.07) is 13.4. The predicted molar refractivity (Wildman–Crippen MR) is 101 cm³/mol. The number of anilines is 1. The highest BCUT2D eigenvalue weighted by Gasteiger charge is 2.45. The van der Waals surface area contributed by atoms with Crippen LogP contribution in [-0.4, -0.2) is 40.5 Å². The first-order chi connectivity index (χ1) is 12.6. The molecule has 26 heavy (non-hydrogen) atoms. The number of nitrogens with zero attached hydrogens (tertiary/aromatic N) is 1. The fourth-order valence-electron chi connectivity index (χ4n) is 4.71. The molecule has 2 aromatic rings. The third kappa shape index (κ3) is 3.19. The summed E-state index contributed by atoms with van der Waals surface area (Å²) in [5, 5.41) is 14.7. The molecule has 1 amide bonds. The Hall–Kier alpha value is -2.40. The average molecular weight is 352 g/mol. The van der Waals surface area contributed by atoms with Gasteiger partial charge in [-0.2, -0.15) is 0 Å². The van der Waals surface area contributed by atoms with Crippen molar-refractivity contribution >= 4 is 28.3 Å². The van der Waals surface area contributed by atoms with Gasteiger partial charge in [-0.3, -0.25) is 14.5 Å². The van der Waals surface area contributed by atoms with Crippen molar-refractivity contribution in [2.45, 2.75) is 44.2 Å². The minimum atomic E-state index is -0.808. The van der Waals surface area contributed by atoms with Crippen molar-refractivity contribution in [1.82, 2.24) is 4.90 Å². The lowest BCUT2D eigenvalue weighted by molar-refractivity contribution is -0.143. The number of nitrogens with one attached hydrogen (secondary N) is 1. The molecule has 3 atom stereocenters. The fraction of sp³-hybridized carbons (Fsp3) is 0.429. The van der Waals surface area contributed by atoms with Gasteiger partial charge in [0.1, 0.15) is 6.04 Å². The van der Waals surface area contributed by atoms with Crippen LogP contribution in [0.25, 0.3) is 10.8 Å². The summed E-state index contributed by atoms with van der Waals surface area (Å²) in [4.78, 5) is 26.3. The van der Waals surface area contributed by atoms with Gasteiger partial charge in [-0.1, -0.05) is 49.2 Å². The van der Waals surface area contributed by atoms with Crippen molar-refractivity contribution in [3.63, 3.8) is 0 Å². The van der Waals surface area contributed by atoms with Crippen LogP contribution in [0.15, 0.2) is 42.5 Å². The number of carboxylic acids is 1. The Morgan fingerprint density at radius 2 is 1.85 bits per heavy atom. The van der Waals surface area contributed by atoms with Gasteiger partial charge in [-0.15, -0.1) is 0 Å². The number of aliphatic carboxylic acids is 1. The molecule has 2 fully saturated rings. The van der Waals surface area contributed by atoms with Crippen molar-refractivity contribution < 1.29 is 14.7 Å². The van der Waals surface area contributed by atoms with E-state index in [1.54, 1.807) is 0 Å². The van der Waals surface area contributed by atoms with Gasteiger partial charge in [0.25, 0.3) is 0 Å². The molecular weight excluding hydrogens is 328 g/mol. The van der Waals surface area contributed by atoms with Crippen LogP contribution in [0.3, 0.4) is 0 Å². The van der Waals surface area contributed by atoms with Crippen molar-refractivity contribution in [3.8, 4) is 0 Å². The number of carboxylic acid groups (broad SMARTS) is 1. The second-order valence-electron chi connectivity index (χ2n) is 7.45. The number of hydrogen-bond donors (Lipinski definition) is 2. The molecule has 2 N–H and O–H groups in total. The lowest BCUT2D eigenvalue weighted by Crippen LogP contribution is -2.46. The largest absolute Gasteiger partial charge is 0.480 e. The Balaban J connectivity index is 1.52. The molecular formula is C21H24N2O3. The maximum absolute atomic E-state index is 12.7. The van der Waals surface area contributed by atoms with Gasteiger partial charge in [-0.25, -0.2) is 0 Å². The fourth-order valence-corrected chi connectivity index (χ4v) is 4.71. The monoisotopic (exact) mass is 352 g/mol. The van der Waals surface area contributed by atoms with Crippen LogP contribution in [0.1, 0.15) is 32.1 Å². The second-order valence-corrected chi connectivity index (χ2v) is 7.45. The highest BCUT2D eigenvalue weighted by molar-refractivity contribution is 6.02. The summed E-state index contributed by atoms with van der Waals surface area (Å²) in [5.74, 6) is -0.536. The molecule has 0 radical (unpaired) electrons. The van der Waals surface area contributed by atoms with Crippen molar-refractivity contribution in [1.29, 1.82) is 0 Å². The quantitative estimate of drug-likeness (QED) is 0.884. The third-order valence-electron chi connectivity index (χ3n) is 5.90. The van der Waals surface area contributed by atoms with Crippen molar-refractivity contribution in [3.05, 3.63) is 42.5 Å². The van der Waals surface area contributed by atoms with Crippen molar-refractivity contribution in [2.24, 2.45) is 5.92 Å². The minimum Gasteiger partial charge on any atom is -0.480 e. The second kappa shape index (κ2) is 7.08. The topological polar surface area (TPSA) is 69.6 Å². The zero-order valence-electron chi connectivity index (χ0n) is 14.7. The van der Waals surface area contributed by atoms with E-state index in [9.17, 15) is 14.7 Å². The Bertz CT molecular complexity index is 830. The van der Waals surface area contributed by atoms with E-state index in [0.717, 1.165) is 35.7 Å². The van der Waals surface area contributed by atoms with Gasteiger partial charge in [0.05, 0.1) is 6.54 Å². The molecule has 4 rings (SSSR count). The first kappa shape index (κ1) is 17.0. The summed E-state index contributed by atoms with van der Waals surface area (Å²) in [7, 11) is 0. The summed E-state index contributed by atoms with van der Waals surface area (Å²) in [6.45, 7) is 0.140. The molecule has 1 heterocycles. The Kier molecular flexibility index (Phi) is 4.64. The summed E-state index contributed by atoms with van der Waals surface area (Å²) in [6.07, 6.45) is 5.03. The lowest BCUT2D eigenvalue weighted by Gasteiger charge is -2.32. The minimum absolute atomic E-state index is 0.140. The molecule has 2 aromatic carbocycles. The van der Waals surface area contributed by atoms with Crippen LogP contribution in [0, 0.1) is 5.92 Å². The van der Waals surface area contributed by atoms with Crippen LogP contribution in [0.2, 0.25) is 0 Å². The molecule has 5 nitrogen and oxygen atoms in total. The molecule has 136 valence electrons. The van der Waals surface area contributed by atoms with Gasteiger partial charge in [0, 0.05) is 17.1 Å². The smallest absolute Gasteiger partial charge is 0.320 e. The molecule has 1 saturated heterocycles. The van der Waals surface area contributed by atoms with Gasteiger partial charge >= 0.3 is 5.97 Å². The molecule has 0 bridgehead atoms. The number of benzene rings is 2. The molecule has 3 unspecified atom stereocenters. The number of rotatable bonds is 4. The number of amides is 1. The van der Waals surface area contributed by atoms with Gasteiger partial charge in [0.2, 0.25) is 5.91 Å². The van der Waals surface area contributed by atoms with Gasteiger partial charge in [0.15, 0.2) is 0 Å². The molecule has 0 spiro atoms. The molecule has 1 saturated carbocycles. The maximum Gasteiger partial charge on any atom is 0.320 e. The van der Waals surface area contributed by atoms with Crippen LogP contribution in [0.5, 0.6) is 0 Å². The molecule has 1 aliphatic carbocycles. The van der Waals surface area contributed by atoms with E-state index in [-0.39, 0.29) is 18.5 Å². The summed E-state index contributed by atoms with van der Waals surface area (Å²) in [5.41, 5.74) is 0.777. The highest BCUT2D eigenvalue weighted by atomic mass is 16.4. The van der Waals surface area contributed by atoms with E-state index in [1.807, 2.05) is 47.4 Å². The number of hydrogen-bond acceptors (Lipinski definition) is 3.